The molecular weight excluding hydrogens is 272 g/mol. The van der Waals surface area contributed by atoms with Crippen molar-refractivity contribution in [2.75, 3.05) is 30.3 Å². The second-order valence-corrected chi connectivity index (χ2v) is 5.20. The second-order valence-electron chi connectivity index (χ2n) is 5.20. The summed E-state index contributed by atoms with van der Waals surface area (Å²) in [4.78, 5) is 23.5. The van der Waals surface area contributed by atoms with Gasteiger partial charge in [0.1, 0.15) is 5.84 Å². The van der Waals surface area contributed by atoms with E-state index in [1.54, 1.807) is 6.20 Å². The molecule has 1 aromatic rings. The van der Waals surface area contributed by atoms with Crippen molar-refractivity contribution in [3.63, 3.8) is 0 Å². The van der Waals surface area contributed by atoms with Crippen molar-refractivity contribution in [2.45, 2.75) is 18.4 Å². The molecule has 0 radical (unpaired) electrons. The Hall–Kier alpha value is -2.42. The third-order valence-corrected chi connectivity index (χ3v) is 3.74. The van der Waals surface area contributed by atoms with E-state index in [1.807, 2.05) is 0 Å². The number of amides is 1. The Morgan fingerprint density at radius 2 is 2.19 bits per heavy atom. The number of carbonyl (C=O) groups is 1. The summed E-state index contributed by atoms with van der Waals surface area (Å²) in [5, 5.41) is 9.45. The number of primary amides is 1. The van der Waals surface area contributed by atoms with Crippen LogP contribution in [0.5, 0.6) is 0 Å². The Morgan fingerprint density at radius 1 is 1.43 bits per heavy atom. The molecule has 1 fully saturated rings. The molecule has 0 aliphatic carbocycles. The van der Waals surface area contributed by atoms with E-state index in [-0.39, 0.29) is 12.1 Å². The fourth-order valence-electron chi connectivity index (χ4n) is 2.58. The molecule has 0 saturated carbocycles. The molecule has 9 heteroatoms. The highest BCUT2D eigenvalue weighted by molar-refractivity contribution is 5.98. The van der Waals surface area contributed by atoms with Crippen molar-refractivity contribution < 1.29 is 4.79 Å². The van der Waals surface area contributed by atoms with Crippen LogP contribution < -0.4 is 27.4 Å². The zero-order valence-corrected chi connectivity index (χ0v) is 11.5. The van der Waals surface area contributed by atoms with Gasteiger partial charge in [-0.15, -0.1) is 0 Å². The molecule has 9 nitrogen and oxygen atoms in total. The van der Waals surface area contributed by atoms with Crippen LogP contribution in [0.1, 0.15) is 12.8 Å². The van der Waals surface area contributed by atoms with Gasteiger partial charge in [0.05, 0.1) is 24.0 Å². The van der Waals surface area contributed by atoms with Gasteiger partial charge in [0.25, 0.3) is 0 Å². The smallest absolute Gasteiger partial charge is 0.236 e. The number of nitrogens with one attached hydrogen (secondary N) is 3. The lowest BCUT2D eigenvalue weighted by Gasteiger charge is -2.40. The Kier molecular flexibility index (Phi) is 3.34. The van der Waals surface area contributed by atoms with Crippen LogP contribution in [0, 0.1) is 0 Å². The van der Waals surface area contributed by atoms with Crippen molar-refractivity contribution in [2.24, 2.45) is 16.5 Å². The molecule has 0 aromatic carbocycles. The van der Waals surface area contributed by atoms with Crippen molar-refractivity contribution in [3.8, 4) is 0 Å². The number of hydrogen-bond donors (Lipinski definition) is 5. The molecule has 1 amide bonds. The minimum absolute atomic E-state index is 0.0268. The zero-order valence-electron chi connectivity index (χ0n) is 11.5. The maximum atomic E-state index is 10.8. The first-order valence-corrected chi connectivity index (χ1v) is 6.82. The van der Waals surface area contributed by atoms with E-state index in [0.29, 0.717) is 17.6 Å². The fraction of sp³-hybridized carbons (Fsp3) is 0.500. The van der Waals surface area contributed by atoms with E-state index in [4.69, 9.17) is 11.5 Å². The van der Waals surface area contributed by atoms with Crippen molar-refractivity contribution in [1.82, 2.24) is 15.3 Å². The average molecular weight is 290 g/mol. The largest absolute Gasteiger partial charge is 0.385 e. The molecule has 1 aromatic heterocycles. The summed E-state index contributed by atoms with van der Waals surface area (Å²) in [6.45, 7) is 1.75. The van der Waals surface area contributed by atoms with Crippen molar-refractivity contribution >= 4 is 29.2 Å². The summed E-state index contributed by atoms with van der Waals surface area (Å²) in [5.74, 6) is 0.827. The third-order valence-electron chi connectivity index (χ3n) is 3.74. The van der Waals surface area contributed by atoms with Gasteiger partial charge in [-0.3, -0.25) is 4.79 Å². The van der Waals surface area contributed by atoms with E-state index < -0.39 is 5.91 Å². The normalized spacial score (nSPS) is 19.3. The first-order valence-electron chi connectivity index (χ1n) is 6.82. The summed E-state index contributed by atoms with van der Waals surface area (Å²) in [5.41, 5.74) is 11.6. The number of amidine groups is 1. The molecule has 2 aliphatic rings. The number of rotatable bonds is 3. The first kappa shape index (κ1) is 13.6. The lowest BCUT2D eigenvalue weighted by molar-refractivity contribution is -0.116. The lowest BCUT2D eigenvalue weighted by Crippen LogP contribution is -2.57. The van der Waals surface area contributed by atoms with Crippen LogP contribution >= 0.6 is 0 Å². The topological polar surface area (TPSA) is 143 Å². The molecule has 21 heavy (non-hydrogen) atoms. The Balaban J connectivity index is 1.85. The van der Waals surface area contributed by atoms with Crippen LogP contribution in [0.25, 0.3) is 0 Å². The summed E-state index contributed by atoms with van der Waals surface area (Å²) >= 11 is 0. The number of nitrogens with zero attached hydrogens (tertiary/aromatic N) is 3. The quantitative estimate of drug-likeness (QED) is 0.476. The highest BCUT2D eigenvalue weighted by atomic mass is 16.1. The number of piperidine rings is 1. The van der Waals surface area contributed by atoms with Crippen molar-refractivity contribution in [3.05, 3.63) is 6.20 Å². The molecule has 1 spiro atoms. The van der Waals surface area contributed by atoms with Gasteiger partial charge in [-0.25, -0.2) is 9.98 Å². The summed E-state index contributed by atoms with van der Waals surface area (Å²) in [6.07, 6.45) is 3.37. The van der Waals surface area contributed by atoms with Crippen LogP contribution in [0.15, 0.2) is 11.2 Å². The van der Waals surface area contributed by atoms with Gasteiger partial charge in [0.2, 0.25) is 11.9 Å². The van der Waals surface area contributed by atoms with Gasteiger partial charge >= 0.3 is 0 Å². The molecule has 7 N–H and O–H groups in total. The molecule has 2 aliphatic heterocycles. The van der Waals surface area contributed by atoms with E-state index in [0.717, 1.165) is 31.6 Å². The number of anilines is 2. The highest BCUT2D eigenvalue weighted by Gasteiger charge is 2.39. The van der Waals surface area contributed by atoms with E-state index in [9.17, 15) is 4.79 Å². The standard InChI is InChI=1S/C12H18N8O/c13-8(21)6-17-11-16-5-7-9(19-11)18-10(14)12(20-7)1-3-15-4-2-12/h5,15,20H,1-4,6H2,(H2,13,21)(H3,14,16,17,18,19). The average Bonchev–Trinajstić information content (AvgIpc) is 2.47. The molecule has 0 bridgehead atoms. The summed E-state index contributed by atoms with van der Waals surface area (Å²) < 4.78 is 0. The van der Waals surface area contributed by atoms with Gasteiger partial charge in [-0.05, 0) is 25.9 Å². The molecule has 3 heterocycles. The molecule has 0 unspecified atom stereocenters. The minimum Gasteiger partial charge on any atom is -0.385 e. The predicted octanol–water partition coefficient (Wildman–Crippen LogP) is -1.09. The van der Waals surface area contributed by atoms with Gasteiger partial charge in [0.15, 0.2) is 5.82 Å². The van der Waals surface area contributed by atoms with Crippen molar-refractivity contribution in [1.29, 1.82) is 0 Å². The Bertz CT molecular complexity index is 593. The number of aliphatic imine (C=N–C) groups is 1. The van der Waals surface area contributed by atoms with Crippen LogP contribution in [0.4, 0.5) is 17.5 Å². The lowest BCUT2D eigenvalue weighted by atomic mass is 9.86. The van der Waals surface area contributed by atoms with E-state index in [2.05, 4.69) is 30.9 Å². The fourth-order valence-corrected chi connectivity index (χ4v) is 2.58. The Morgan fingerprint density at radius 3 is 2.90 bits per heavy atom. The maximum absolute atomic E-state index is 10.8. The summed E-state index contributed by atoms with van der Waals surface area (Å²) in [7, 11) is 0. The van der Waals surface area contributed by atoms with Crippen LogP contribution in [0.3, 0.4) is 0 Å². The van der Waals surface area contributed by atoms with Crippen LogP contribution in [-0.2, 0) is 4.79 Å². The number of nitrogens with two attached hydrogens (primary N) is 2. The molecule has 1 saturated heterocycles. The number of aromatic nitrogens is 2. The number of carbonyl (C=O) groups excluding carboxylic acids is 1. The third kappa shape index (κ3) is 2.59. The van der Waals surface area contributed by atoms with E-state index >= 15 is 0 Å². The summed E-state index contributed by atoms with van der Waals surface area (Å²) in [6, 6.07) is 0. The predicted molar refractivity (Wildman–Crippen MR) is 79.5 cm³/mol. The monoisotopic (exact) mass is 290 g/mol. The van der Waals surface area contributed by atoms with Gasteiger partial charge < -0.3 is 27.4 Å². The van der Waals surface area contributed by atoms with Crippen LogP contribution in [-0.4, -0.2) is 46.9 Å². The van der Waals surface area contributed by atoms with E-state index in [1.165, 1.54) is 0 Å². The molecule has 0 atom stereocenters. The highest BCUT2D eigenvalue weighted by Crippen LogP contribution is 2.35. The second kappa shape index (κ2) is 5.17. The SMILES string of the molecule is NC(=O)CNc1ncc2c(n1)N=C(N)C1(CCNCC1)N2. The number of hydrogen-bond acceptors (Lipinski definition) is 8. The van der Waals surface area contributed by atoms with Gasteiger partial charge in [-0.1, -0.05) is 0 Å². The molecule has 3 rings (SSSR count). The van der Waals surface area contributed by atoms with Gasteiger partial charge in [0, 0.05) is 0 Å². The maximum Gasteiger partial charge on any atom is 0.236 e. The zero-order chi connectivity index (χ0) is 14.9. The molecular formula is C12H18N8O. The minimum atomic E-state index is -0.480. The Labute approximate surface area is 121 Å². The van der Waals surface area contributed by atoms with Crippen LogP contribution in [0.2, 0.25) is 0 Å². The molecule has 112 valence electrons. The first-order chi connectivity index (χ1) is 10.1. The number of fused-ring (bicyclic) bond motifs is 1. The van der Waals surface area contributed by atoms with Gasteiger partial charge in [-0.2, -0.15) is 4.98 Å².